The highest BCUT2D eigenvalue weighted by molar-refractivity contribution is 6.31. The van der Waals surface area contributed by atoms with E-state index in [0.717, 1.165) is 12.8 Å². The lowest BCUT2D eigenvalue weighted by Gasteiger charge is -2.29. The van der Waals surface area contributed by atoms with Crippen LogP contribution in [0.15, 0.2) is 4.79 Å². The Bertz CT molecular complexity index is 512. The second-order valence-corrected chi connectivity index (χ2v) is 5.06. The Morgan fingerprint density at radius 1 is 1.40 bits per heavy atom. The van der Waals surface area contributed by atoms with Crippen molar-refractivity contribution >= 4 is 17.3 Å². The molecule has 0 radical (unpaired) electrons. The SMILES string of the molecule is CCCCOc1c(Cl)nn(C)c(=O)c1N1CCOCC1. The molecule has 112 valence electrons. The first-order valence-electron chi connectivity index (χ1n) is 6.87. The summed E-state index contributed by atoms with van der Waals surface area (Å²) < 4.78 is 12.3. The molecule has 0 unspecified atom stereocenters. The zero-order valence-electron chi connectivity index (χ0n) is 11.9. The number of rotatable bonds is 5. The summed E-state index contributed by atoms with van der Waals surface area (Å²) in [6.45, 7) is 5.10. The van der Waals surface area contributed by atoms with E-state index >= 15 is 0 Å². The van der Waals surface area contributed by atoms with Crippen molar-refractivity contribution in [2.45, 2.75) is 19.8 Å². The average Bonchev–Trinajstić information content (AvgIpc) is 2.45. The Hall–Kier alpha value is -1.27. The van der Waals surface area contributed by atoms with Crippen molar-refractivity contribution in [1.29, 1.82) is 0 Å². The van der Waals surface area contributed by atoms with Gasteiger partial charge >= 0.3 is 0 Å². The van der Waals surface area contributed by atoms with Crippen LogP contribution in [0.1, 0.15) is 19.8 Å². The second-order valence-electron chi connectivity index (χ2n) is 4.70. The number of aryl methyl sites for hydroxylation is 1. The quantitative estimate of drug-likeness (QED) is 0.771. The monoisotopic (exact) mass is 301 g/mol. The van der Waals surface area contributed by atoms with Gasteiger partial charge in [0.25, 0.3) is 5.56 Å². The molecule has 1 fully saturated rings. The zero-order valence-corrected chi connectivity index (χ0v) is 12.7. The summed E-state index contributed by atoms with van der Waals surface area (Å²) in [4.78, 5) is 14.3. The third kappa shape index (κ3) is 3.24. The second kappa shape index (κ2) is 6.95. The van der Waals surface area contributed by atoms with Crippen LogP contribution in [0.25, 0.3) is 0 Å². The highest BCUT2D eigenvalue weighted by Gasteiger charge is 2.23. The van der Waals surface area contributed by atoms with Crippen LogP contribution < -0.4 is 15.2 Å². The number of hydrogen-bond donors (Lipinski definition) is 0. The number of nitrogens with zero attached hydrogens (tertiary/aromatic N) is 3. The van der Waals surface area contributed by atoms with Gasteiger partial charge < -0.3 is 14.4 Å². The summed E-state index contributed by atoms with van der Waals surface area (Å²) in [7, 11) is 1.59. The van der Waals surface area contributed by atoms with E-state index < -0.39 is 0 Å². The topological polar surface area (TPSA) is 56.6 Å². The van der Waals surface area contributed by atoms with Gasteiger partial charge in [0.05, 0.1) is 19.8 Å². The van der Waals surface area contributed by atoms with E-state index in [2.05, 4.69) is 12.0 Å². The van der Waals surface area contributed by atoms with Gasteiger partial charge in [0.2, 0.25) is 0 Å². The highest BCUT2D eigenvalue weighted by Crippen LogP contribution is 2.31. The van der Waals surface area contributed by atoms with Crippen molar-refractivity contribution in [2.75, 3.05) is 37.8 Å². The Morgan fingerprint density at radius 3 is 2.75 bits per heavy atom. The average molecular weight is 302 g/mol. The third-order valence-electron chi connectivity index (χ3n) is 3.21. The Balaban J connectivity index is 2.36. The minimum atomic E-state index is -0.192. The van der Waals surface area contributed by atoms with Crippen molar-refractivity contribution in [3.8, 4) is 5.75 Å². The minimum Gasteiger partial charge on any atom is -0.488 e. The summed E-state index contributed by atoms with van der Waals surface area (Å²) in [5.41, 5.74) is 0.301. The summed E-state index contributed by atoms with van der Waals surface area (Å²) >= 11 is 6.15. The molecule has 6 nitrogen and oxygen atoms in total. The number of halogens is 1. The van der Waals surface area contributed by atoms with Crippen LogP contribution in [0.3, 0.4) is 0 Å². The number of morpholine rings is 1. The molecule has 1 saturated heterocycles. The molecule has 0 aliphatic carbocycles. The van der Waals surface area contributed by atoms with Crippen LogP contribution in [0.2, 0.25) is 5.15 Å². The van der Waals surface area contributed by atoms with Gasteiger partial charge in [0.1, 0.15) is 0 Å². The van der Waals surface area contributed by atoms with Crippen molar-refractivity contribution in [1.82, 2.24) is 9.78 Å². The lowest BCUT2D eigenvalue weighted by atomic mass is 10.3. The molecular formula is C13H20ClN3O3. The Morgan fingerprint density at radius 2 is 2.10 bits per heavy atom. The largest absolute Gasteiger partial charge is 0.488 e. The molecule has 2 rings (SSSR count). The van der Waals surface area contributed by atoms with Crippen molar-refractivity contribution in [3.05, 3.63) is 15.5 Å². The predicted molar refractivity (Wildman–Crippen MR) is 77.9 cm³/mol. The van der Waals surface area contributed by atoms with E-state index in [1.807, 2.05) is 4.90 Å². The van der Waals surface area contributed by atoms with Crippen LogP contribution in [0.5, 0.6) is 5.75 Å². The molecule has 0 bridgehead atoms. The standard InChI is InChI=1S/C13H20ClN3O3/c1-3-4-7-20-11-10(17-5-8-19-9-6-17)13(18)16(2)15-12(11)14/h3-9H2,1-2H3. The molecule has 7 heteroatoms. The van der Waals surface area contributed by atoms with E-state index in [9.17, 15) is 4.79 Å². The Kier molecular flexibility index (Phi) is 5.25. The maximum Gasteiger partial charge on any atom is 0.293 e. The highest BCUT2D eigenvalue weighted by atomic mass is 35.5. The van der Waals surface area contributed by atoms with Crippen molar-refractivity contribution < 1.29 is 9.47 Å². The fourth-order valence-electron chi connectivity index (χ4n) is 2.08. The lowest BCUT2D eigenvalue weighted by Crippen LogP contribution is -2.41. The molecule has 0 atom stereocenters. The molecule has 0 saturated carbocycles. The molecule has 20 heavy (non-hydrogen) atoms. The van der Waals surface area contributed by atoms with E-state index in [0.29, 0.717) is 44.3 Å². The first kappa shape index (κ1) is 15.1. The zero-order chi connectivity index (χ0) is 14.5. The van der Waals surface area contributed by atoms with Gasteiger partial charge in [0, 0.05) is 20.1 Å². The molecule has 0 N–H and O–H groups in total. The molecule has 1 aromatic heterocycles. The summed E-state index contributed by atoms with van der Waals surface area (Å²) in [5.74, 6) is 0.394. The van der Waals surface area contributed by atoms with Gasteiger partial charge in [-0.3, -0.25) is 4.79 Å². The van der Waals surface area contributed by atoms with Gasteiger partial charge in [-0.05, 0) is 6.42 Å². The smallest absolute Gasteiger partial charge is 0.293 e. The van der Waals surface area contributed by atoms with E-state index in [1.54, 1.807) is 7.05 Å². The van der Waals surface area contributed by atoms with Gasteiger partial charge in [0.15, 0.2) is 16.6 Å². The lowest BCUT2D eigenvalue weighted by molar-refractivity contribution is 0.122. The van der Waals surface area contributed by atoms with Crippen LogP contribution >= 0.6 is 11.6 Å². The number of aromatic nitrogens is 2. The summed E-state index contributed by atoms with van der Waals surface area (Å²) in [6, 6.07) is 0. The number of anilines is 1. The van der Waals surface area contributed by atoms with Crippen molar-refractivity contribution in [3.63, 3.8) is 0 Å². The predicted octanol–water partition coefficient (Wildman–Crippen LogP) is 1.45. The molecular weight excluding hydrogens is 282 g/mol. The summed E-state index contributed by atoms with van der Waals surface area (Å²) in [6.07, 6.45) is 1.93. The van der Waals surface area contributed by atoms with E-state index in [4.69, 9.17) is 21.1 Å². The summed E-state index contributed by atoms with van der Waals surface area (Å²) in [5, 5.41) is 4.22. The number of hydrogen-bond acceptors (Lipinski definition) is 5. The van der Waals surface area contributed by atoms with Crippen LogP contribution in [0, 0.1) is 0 Å². The molecule has 2 heterocycles. The number of unbranched alkanes of at least 4 members (excludes halogenated alkanes) is 1. The van der Waals surface area contributed by atoms with Gasteiger partial charge in [-0.15, -0.1) is 0 Å². The fourth-order valence-corrected chi connectivity index (χ4v) is 2.34. The number of ether oxygens (including phenoxy) is 2. The van der Waals surface area contributed by atoms with Crippen LogP contribution in [0.4, 0.5) is 5.69 Å². The molecule has 0 aromatic carbocycles. The molecule has 0 amide bonds. The molecule has 1 aliphatic rings. The normalized spacial score (nSPS) is 15.4. The maximum absolute atomic E-state index is 12.4. The third-order valence-corrected chi connectivity index (χ3v) is 3.46. The fraction of sp³-hybridized carbons (Fsp3) is 0.692. The first-order chi connectivity index (χ1) is 9.65. The molecule has 1 aliphatic heterocycles. The molecule has 1 aromatic rings. The van der Waals surface area contributed by atoms with Crippen LogP contribution in [-0.2, 0) is 11.8 Å². The van der Waals surface area contributed by atoms with Gasteiger partial charge in [-0.2, -0.15) is 5.10 Å². The minimum absolute atomic E-state index is 0.192. The van der Waals surface area contributed by atoms with E-state index in [-0.39, 0.29) is 10.7 Å². The molecule has 0 spiro atoms. The van der Waals surface area contributed by atoms with Gasteiger partial charge in [-0.25, -0.2) is 4.68 Å². The Labute approximate surface area is 123 Å². The van der Waals surface area contributed by atoms with Crippen LogP contribution in [-0.4, -0.2) is 42.7 Å². The van der Waals surface area contributed by atoms with E-state index in [1.165, 1.54) is 4.68 Å². The van der Waals surface area contributed by atoms with Gasteiger partial charge in [-0.1, -0.05) is 24.9 Å². The first-order valence-corrected chi connectivity index (χ1v) is 7.25. The van der Waals surface area contributed by atoms with Crippen molar-refractivity contribution in [2.24, 2.45) is 7.05 Å². The maximum atomic E-state index is 12.4.